The number of carboxylic acids is 1. The van der Waals surface area contributed by atoms with Crippen molar-refractivity contribution in [2.24, 2.45) is 5.41 Å². The number of amides is 1. The zero-order chi connectivity index (χ0) is 14.6. The summed E-state index contributed by atoms with van der Waals surface area (Å²) in [6, 6.07) is 9.48. The number of ether oxygens (including phenoxy) is 1. The molecule has 1 aliphatic rings. The van der Waals surface area contributed by atoms with E-state index in [-0.39, 0.29) is 24.5 Å². The lowest BCUT2D eigenvalue weighted by Gasteiger charge is -2.22. The fourth-order valence-electron chi connectivity index (χ4n) is 2.50. The fourth-order valence-corrected chi connectivity index (χ4v) is 2.50. The average molecular weight is 277 g/mol. The van der Waals surface area contributed by atoms with E-state index in [9.17, 15) is 9.59 Å². The van der Waals surface area contributed by atoms with Gasteiger partial charge in [0.05, 0.1) is 6.42 Å². The molecule has 1 unspecified atom stereocenters. The van der Waals surface area contributed by atoms with Gasteiger partial charge in [-0.05, 0) is 17.4 Å². The van der Waals surface area contributed by atoms with Gasteiger partial charge in [-0.15, -0.1) is 0 Å². The highest BCUT2D eigenvalue weighted by Crippen LogP contribution is 2.33. The molecule has 1 aromatic carbocycles. The van der Waals surface area contributed by atoms with Crippen molar-refractivity contribution in [3.8, 4) is 0 Å². The maximum atomic E-state index is 11.9. The van der Waals surface area contributed by atoms with E-state index in [1.165, 1.54) is 0 Å². The lowest BCUT2D eigenvalue weighted by atomic mass is 9.86. The number of nitrogens with zero attached hydrogens (tertiary/aromatic N) is 1. The predicted molar refractivity (Wildman–Crippen MR) is 73.2 cm³/mol. The molecule has 1 aromatic rings. The second kappa shape index (κ2) is 5.94. The Morgan fingerprint density at radius 2 is 2.05 bits per heavy atom. The summed E-state index contributed by atoms with van der Waals surface area (Å²) in [5, 5.41) is 8.88. The van der Waals surface area contributed by atoms with Gasteiger partial charge in [0.15, 0.2) is 0 Å². The van der Waals surface area contributed by atoms with Crippen molar-refractivity contribution in [1.29, 1.82) is 0 Å². The van der Waals surface area contributed by atoms with Crippen molar-refractivity contribution >= 4 is 12.1 Å². The highest BCUT2D eigenvalue weighted by Gasteiger charge is 2.38. The molecule has 2 rings (SSSR count). The molecule has 1 atom stereocenters. The van der Waals surface area contributed by atoms with Gasteiger partial charge in [0, 0.05) is 13.1 Å². The Balaban J connectivity index is 1.84. The Hall–Kier alpha value is -2.04. The summed E-state index contributed by atoms with van der Waals surface area (Å²) < 4.78 is 5.25. The lowest BCUT2D eigenvalue weighted by molar-refractivity contribution is -0.139. The molecule has 1 saturated heterocycles. The Bertz CT molecular complexity index is 488. The predicted octanol–water partition coefficient (Wildman–Crippen LogP) is 2.51. The molecular formula is C15H19NO4. The third-order valence-corrected chi connectivity index (χ3v) is 3.60. The Morgan fingerprint density at radius 3 is 2.70 bits per heavy atom. The molecule has 1 heterocycles. The van der Waals surface area contributed by atoms with Crippen LogP contribution in [0.2, 0.25) is 0 Å². The number of carbonyl (C=O) groups excluding carboxylic acids is 1. The molecule has 0 radical (unpaired) electrons. The number of carboxylic acid groups (broad SMARTS) is 1. The van der Waals surface area contributed by atoms with Crippen LogP contribution in [0.15, 0.2) is 30.3 Å². The van der Waals surface area contributed by atoms with E-state index < -0.39 is 5.97 Å². The van der Waals surface area contributed by atoms with Gasteiger partial charge in [-0.2, -0.15) is 0 Å². The van der Waals surface area contributed by atoms with Crippen LogP contribution in [0.25, 0.3) is 0 Å². The van der Waals surface area contributed by atoms with Gasteiger partial charge in [0.1, 0.15) is 6.61 Å². The zero-order valence-electron chi connectivity index (χ0n) is 11.5. The van der Waals surface area contributed by atoms with E-state index in [1.54, 1.807) is 4.90 Å². The SMILES string of the molecule is CC1(CC(=O)O)CCN(C(=O)OCc2ccccc2)C1. The quantitative estimate of drug-likeness (QED) is 0.918. The molecule has 1 amide bonds. The van der Waals surface area contributed by atoms with Gasteiger partial charge in [-0.1, -0.05) is 37.3 Å². The van der Waals surface area contributed by atoms with E-state index in [2.05, 4.69) is 0 Å². The maximum absolute atomic E-state index is 11.9. The zero-order valence-corrected chi connectivity index (χ0v) is 11.5. The molecular weight excluding hydrogens is 258 g/mol. The van der Waals surface area contributed by atoms with Crippen LogP contribution in [0.4, 0.5) is 4.79 Å². The topological polar surface area (TPSA) is 66.8 Å². The summed E-state index contributed by atoms with van der Waals surface area (Å²) in [5.41, 5.74) is 0.589. The minimum atomic E-state index is -0.827. The van der Waals surface area contributed by atoms with Gasteiger partial charge in [-0.3, -0.25) is 4.79 Å². The summed E-state index contributed by atoms with van der Waals surface area (Å²) in [6.07, 6.45) is 0.401. The van der Waals surface area contributed by atoms with Crippen LogP contribution in [0.1, 0.15) is 25.3 Å². The molecule has 0 saturated carbocycles. The van der Waals surface area contributed by atoms with Crippen LogP contribution < -0.4 is 0 Å². The number of hydrogen-bond donors (Lipinski definition) is 1. The largest absolute Gasteiger partial charge is 0.481 e. The smallest absolute Gasteiger partial charge is 0.410 e. The maximum Gasteiger partial charge on any atom is 0.410 e. The van der Waals surface area contributed by atoms with Crippen LogP contribution in [0, 0.1) is 5.41 Å². The van der Waals surface area contributed by atoms with Gasteiger partial charge in [0.2, 0.25) is 0 Å². The monoisotopic (exact) mass is 277 g/mol. The Kier molecular flexibility index (Phi) is 4.27. The first kappa shape index (κ1) is 14.4. The summed E-state index contributed by atoms with van der Waals surface area (Å²) >= 11 is 0. The van der Waals surface area contributed by atoms with Crippen molar-refractivity contribution < 1.29 is 19.4 Å². The van der Waals surface area contributed by atoms with E-state index in [0.29, 0.717) is 19.5 Å². The Labute approximate surface area is 118 Å². The molecule has 0 bridgehead atoms. The second-order valence-electron chi connectivity index (χ2n) is 5.59. The molecule has 0 aliphatic carbocycles. The molecule has 1 N–H and O–H groups in total. The molecule has 5 nitrogen and oxygen atoms in total. The molecule has 1 fully saturated rings. The second-order valence-corrected chi connectivity index (χ2v) is 5.59. The van der Waals surface area contributed by atoms with Crippen LogP contribution >= 0.6 is 0 Å². The van der Waals surface area contributed by atoms with Gasteiger partial charge in [-0.25, -0.2) is 4.79 Å². The van der Waals surface area contributed by atoms with Crippen molar-refractivity contribution in [3.05, 3.63) is 35.9 Å². The van der Waals surface area contributed by atoms with Gasteiger partial charge in [0.25, 0.3) is 0 Å². The van der Waals surface area contributed by atoms with E-state index in [0.717, 1.165) is 5.56 Å². The number of hydrogen-bond acceptors (Lipinski definition) is 3. The van der Waals surface area contributed by atoms with E-state index >= 15 is 0 Å². The Morgan fingerprint density at radius 1 is 1.35 bits per heavy atom. The van der Waals surface area contributed by atoms with Gasteiger partial charge < -0.3 is 14.7 Å². The van der Waals surface area contributed by atoms with Crippen molar-refractivity contribution in [3.63, 3.8) is 0 Å². The molecule has 20 heavy (non-hydrogen) atoms. The summed E-state index contributed by atoms with van der Waals surface area (Å²) in [5.74, 6) is -0.827. The molecule has 108 valence electrons. The first-order valence-electron chi connectivity index (χ1n) is 6.66. The van der Waals surface area contributed by atoms with E-state index in [1.807, 2.05) is 37.3 Å². The average Bonchev–Trinajstić information content (AvgIpc) is 2.78. The number of benzene rings is 1. The summed E-state index contributed by atoms with van der Waals surface area (Å²) in [6.45, 7) is 3.13. The van der Waals surface area contributed by atoms with Crippen LogP contribution in [0.3, 0.4) is 0 Å². The van der Waals surface area contributed by atoms with Crippen molar-refractivity contribution in [2.75, 3.05) is 13.1 Å². The minimum absolute atomic E-state index is 0.0788. The molecule has 1 aliphatic heterocycles. The minimum Gasteiger partial charge on any atom is -0.481 e. The number of carbonyl (C=O) groups is 2. The molecule has 0 aromatic heterocycles. The van der Waals surface area contributed by atoms with E-state index in [4.69, 9.17) is 9.84 Å². The lowest BCUT2D eigenvalue weighted by Crippen LogP contribution is -2.32. The van der Waals surface area contributed by atoms with Crippen LogP contribution in [0.5, 0.6) is 0 Å². The third kappa shape index (κ3) is 3.73. The third-order valence-electron chi connectivity index (χ3n) is 3.60. The van der Waals surface area contributed by atoms with Gasteiger partial charge >= 0.3 is 12.1 Å². The van der Waals surface area contributed by atoms with Crippen LogP contribution in [-0.2, 0) is 16.1 Å². The molecule has 0 spiro atoms. The standard InChI is InChI=1S/C15H19NO4/c1-15(9-13(17)18)7-8-16(11-15)14(19)20-10-12-5-3-2-4-6-12/h2-6H,7-11H2,1H3,(H,17,18). The number of aliphatic carboxylic acids is 1. The number of rotatable bonds is 4. The summed E-state index contributed by atoms with van der Waals surface area (Å²) in [7, 11) is 0. The normalized spacial score (nSPS) is 21.8. The molecule has 5 heteroatoms. The fraction of sp³-hybridized carbons (Fsp3) is 0.467. The first-order chi connectivity index (χ1) is 9.48. The van der Waals surface area contributed by atoms with Crippen molar-refractivity contribution in [1.82, 2.24) is 4.90 Å². The number of likely N-dealkylation sites (tertiary alicyclic amines) is 1. The summed E-state index contributed by atoms with van der Waals surface area (Å²) in [4.78, 5) is 24.4. The highest BCUT2D eigenvalue weighted by molar-refractivity contribution is 5.70. The van der Waals surface area contributed by atoms with Crippen molar-refractivity contribution in [2.45, 2.75) is 26.4 Å². The van der Waals surface area contributed by atoms with Crippen LogP contribution in [-0.4, -0.2) is 35.2 Å². The highest BCUT2D eigenvalue weighted by atomic mass is 16.6. The first-order valence-corrected chi connectivity index (χ1v) is 6.66.